The average Bonchev–Trinajstić information content (AvgIpc) is 2.68. The van der Waals surface area contributed by atoms with Crippen LogP contribution in [0.3, 0.4) is 0 Å². The quantitative estimate of drug-likeness (QED) is 0.723. The standard InChI is InChI=1S/C21H22N2O2/c1-16-5-7-17(8-6-16)15-25-19-4-2-3-18-9-10-20(22-21(18)19)23-11-13-24-14-12-23/h2-10H,11-15H2,1H3. The minimum atomic E-state index is 0.544. The topological polar surface area (TPSA) is 34.6 Å². The molecule has 4 rings (SSSR count). The summed E-state index contributed by atoms with van der Waals surface area (Å²) in [6.07, 6.45) is 0. The third-order valence-electron chi connectivity index (χ3n) is 4.52. The second-order valence-electron chi connectivity index (χ2n) is 6.37. The monoisotopic (exact) mass is 334 g/mol. The van der Waals surface area contributed by atoms with Crippen LogP contribution in [0.4, 0.5) is 5.82 Å². The third-order valence-corrected chi connectivity index (χ3v) is 4.52. The molecule has 0 aliphatic carbocycles. The van der Waals surface area contributed by atoms with Crippen molar-refractivity contribution in [3.63, 3.8) is 0 Å². The molecule has 0 atom stereocenters. The van der Waals surface area contributed by atoms with Gasteiger partial charge in [-0.1, -0.05) is 42.0 Å². The number of anilines is 1. The molecule has 0 unspecified atom stereocenters. The summed E-state index contributed by atoms with van der Waals surface area (Å²) in [5, 5.41) is 1.10. The van der Waals surface area contributed by atoms with E-state index in [9.17, 15) is 0 Å². The number of fused-ring (bicyclic) bond motifs is 1. The van der Waals surface area contributed by atoms with E-state index in [-0.39, 0.29) is 0 Å². The highest BCUT2D eigenvalue weighted by Gasteiger charge is 2.14. The van der Waals surface area contributed by atoms with Crippen LogP contribution < -0.4 is 9.64 Å². The molecule has 1 aliphatic heterocycles. The van der Waals surface area contributed by atoms with E-state index in [0.29, 0.717) is 6.61 Å². The lowest BCUT2D eigenvalue weighted by Crippen LogP contribution is -2.36. The number of nitrogens with zero attached hydrogens (tertiary/aromatic N) is 2. The van der Waals surface area contributed by atoms with E-state index in [1.165, 1.54) is 5.56 Å². The fourth-order valence-corrected chi connectivity index (χ4v) is 3.04. The molecule has 1 fully saturated rings. The summed E-state index contributed by atoms with van der Waals surface area (Å²) < 4.78 is 11.5. The average molecular weight is 334 g/mol. The minimum absolute atomic E-state index is 0.544. The zero-order chi connectivity index (χ0) is 17.1. The van der Waals surface area contributed by atoms with Crippen LogP contribution in [0.5, 0.6) is 5.75 Å². The smallest absolute Gasteiger partial charge is 0.146 e. The number of morpholine rings is 1. The van der Waals surface area contributed by atoms with Crippen LogP contribution in [-0.4, -0.2) is 31.3 Å². The van der Waals surface area contributed by atoms with E-state index in [4.69, 9.17) is 14.5 Å². The summed E-state index contributed by atoms with van der Waals surface area (Å²) in [4.78, 5) is 7.13. The molecule has 2 aromatic carbocycles. The number of aromatic nitrogens is 1. The van der Waals surface area contributed by atoms with Gasteiger partial charge in [-0.15, -0.1) is 0 Å². The Kier molecular flexibility index (Phi) is 4.53. The number of rotatable bonds is 4. The molecule has 2 heterocycles. The highest BCUT2D eigenvalue weighted by Crippen LogP contribution is 2.27. The Morgan fingerprint density at radius 2 is 1.80 bits per heavy atom. The third kappa shape index (κ3) is 3.59. The molecule has 0 bridgehead atoms. The van der Waals surface area contributed by atoms with Crippen LogP contribution in [0.15, 0.2) is 54.6 Å². The molecule has 0 spiro atoms. The SMILES string of the molecule is Cc1ccc(COc2cccc3ccc(N4CCOCC4)nc23)cc1. The predicted octanol–water partition coefficient (Wildman–Crippen LogP) is 3.96. The van der Waals surface area contributed by atoms with Crippen LogP contribution in [0.25, 0.3) is 10.9 Å². The molecule has 1 aromatic heterocycles. The van der Waals surface area contributed by atoms with E-state index < -0.39 is 0 Å². The zero-order valence-corrected chi connectivity index (χ0v) is 14.4. The first kappa shape index (κ1) is 15.9. The van der Waals surface area contributed by atoms with Gasteiger partial charge < -0.3 is 14.4 Å². The van der Waals surface area contributed by atoms with Crippen LogP contribution in [-0.2, 0) is 11.3 Å². The molecule has 1 aliphatic rings. The van der Waals surface area contributed by atoms with E-state index in [0.717, 1.165) is 54.3 Å². The Morgan fingerprint density at radius 1 is 1.00 bits per heavy atom. The normalized spacial score (nSPS) is 14.7. The first-order valence-corrected chi connectivity index (χ1v) is 8.70. The summed E-state index contributed by atoms with van der Waals surface area (Å²) >= 11 is 0. The van der Waals surface area contributed by atoms with Crippen LogP contribution >= 0.6 is 0 Å². The van der Waals surface area contributed by atoms with Gasteiger partial charge in [0.05, 0.1) is 13.2 Å². The molecule has 0 amide bonds. The first-order chi connectivity index (χ1) is 12.3. The van der Waals surface area contributed by atoms with Gasteiger partial charge in [0.15, 0.2) is 0 Å². The highest BCUT2D eigenvalue weighted by atomic mass is 16.5. The van der Waals surface area contributed by atoms with Crippen molar-refractivity contribution >= 4 is 16.7 Å². The summed E-state index contributed by atoms with van der Waals surface area (Å²) in [6.45, 7) is 5.90. The van der Waals surface area contributed by atoms with Gasteiger partial charge in [-0.05, 0) is 30.7 Å². The van der Waals surface area contributed by atoms with E-state index >= 15 is 0 Å². The second kappa shape index (κ2) is 7.11. The predicted molar refractivity (Wildman–Crippen MR) is 100 cm³/mol. The zero-order valence-electron chi connectivity index (χ0n) is 14.4. The van der Waals surface area contributed by atoms with Crippen molar-refractivity contribution in [1.82, 2.24) is 4.98 Å². The Hall–Kier alpha value is -2.59. The molecule has 3 aromatic rings. The van der Waals surface area contributed by atoms with Gasteiger partial charge in [0.25, 0.3) is 0 Å². The van der Waals surface area contributed by atoms with Crippen molar-refractivity contribution in [3.8, 4) is 5.75 Å². The fourth-order valence-electron chi connectivity index (χ4n) is 3.04. The first-order valence-electron chi connectivity index (χ1n) is 8.70. The molecular weight excluding hydrogens is 312 g/mol. The van der Waals surface area contributed by atoms with Crippen LogP contribution in [0.1, 0.15) is 11.1 Å². The molecule has 128 valence electrons. The number of aryl methyl sites for hydroxylation is 1. The molecule has 1 saturated heterocycles. The number of benzene rings is 2. The largest absolute Gasteiger partial charge is 0.487 e. The van der Waals surface area contributed by atoms with Crippen LogP contribution in [0.2, 0.25) is 0 Å². The van der Waals surface area contributed by atoms with Crippen molar-refractivity contribution in [1.29, 1.82) is 0 Å². The minimum Gasteiger partial charge on any atom is -0.487 e. The lowest BCUT2D eigenvalue weighted by molar-refractivity contribution is 0.122. The Balaban J connectivity index is 1.60. The fraction of sp³-hybridized carbons (Fsp3) is 0.286. The highest BCUT2D eigenvalue weighted by molar-refractivity contribution is 5.86. The number of hydrogen-bond acceptors (Lipinski definition) is 4. The lowest BCUT2D eigenvalue weighted by atomic mass is 10.1. The number of para-hydroxylation sites is 1. The second-order valence-corrected chi connectivity index (χ2v) is 6.37. The molecule has 25 heavy (non-hydrogen) atoms. The summed E-state index contributed by atoms with van der Waals surface area (Å²) in [6, 6.07) is 18.7. The van der Waals surface area contributed by atoms with Gasteiger partial charge in [-0.25, -0.2) is 4.98 Å². The van der Waals surface area contributed by atoms with Crippen LogP contribution in [0, 0.1) is 6.92 Å². The van der Waals surface area contributed by atoms with E-state index in [1.54, 1.807) is 0 Å². The van der Waals surface area contributed by atoms with E-state index in [2.05, 4.69) is 54.3 Å². The summed E-state index contributed by atoms with van der Waals surface area (Å²) in [5.74, 6) is 1.82. The van der Waals surface area contributed by atoms with Crippen molar-refractivity contribution < 1.29 is 9.47 Å². The number of pyridine rings is 1. The summed E-state index contributed by atoms with van der Waals surface area (Å²) in [5.41, 5.74) is 3.33. The lowest BCUT2D eigenvalue weighted by Gasteiger charge is -2.28. The Morgan fingerprint density at radius 3 is 2.60 bits per heavy atom. The molecule has 0 saturated carbocycles. The Labute approximate surface area is 148 Å². The molecule has 0 N–H and O–H groups in total. The van der Waals surface area contributed by atoms with Crippen molar-refractivity contribution in [2.75, 3.05) is 31.2 Å². The summed E-state index contributed by atoms with van der Waals surface area (Å²) in [7, 11) is 0. The number of ether oxygens (including phenoxy) is 2. The maximum absolute atomic E-state index is 6.08. The van der Waals surface area contributed by atoms with E-state index in [1.807, 2.05) is 12.1 Å². The van der Waals surface area contributed by atoms with Gasteiger partial charge in [-0.3, -0.25) is 0 Å². The molecule has 4 nitrogen and oxygen atoms in total. The maximum Gasteiger partial charge on any atom is 0.146 e. The van der Waals surface area contributed by atoms with Crippen molar-refractivity contribution in [3.05, 3.63) is 65.7 Å². The van der Waals surface area contributed by atoms with Crippen molar-refractivity contribution in [2.45, 2.75) is 13.5 Å². The maximum atomic E-state index is 6.08. The number of hydrogen-bond donors (Lipinski definition) is 0. The molecular formula is C21H22N2O2. The van der Waals surface area contributed by atoms with Gasteiger partial charge in [0.2, 0.25) is 0 Å². The molecule has 4 heteroatoms. The van der Waals surface area contributed by atoms with Gasteiger partial charge in [-0.2, -0.15) is 0 Å². The van der Waals surface area contributed by atoms with Gasteiger partial charge in [0, 0.05) is 18.5 Å². The van der Waals surface area contributed by atoms with Gasteiger partial charge >= 0.3 is 0 Å². The Bertz CT molecular complexity index is 855. The van der Waals surface area contributed by atoms with Gasteiger partial charge in [0.1, 0.15) is 23.7 Å². The van der Waals surface area contributed by atoms with Crippen molar-refractivity contribution in [2.24, 2.45) is 0 Å². The molecule has 0 radical (unpaired) electrons.